The average Bonchev–Trinajstić information content (AvgIpc) is 2.53. The van der Waals surface area contributed by atoms with Gasteiger partial charge in [-0.15, -0.1) is 0 Å². The van der Waals surface area contributed by atoms with Gasteiger partial charge in [-0.05, 0) is 32.0 Å². The molecule has 23 heavy (non-hydrogen) atoms. The molecule has 126 valence electrons. The summed E-state index contributed by atoms with van der Waals surface area (Å²) in [4.78, 5) is 37.3. The summed E-state index contributed by atoms with van der Waals surface area (Å²) in [6.07, 6.45) is 0. The van der Waals surface area contributed by atoms with E-state index in [-0.39, 0.29) is 18.1 Å². The van der Waals surface area contributed by atoms with E-state index in [0.717, 1.165) is 0 Å². The largest absolute Gasteiger partial charge is 0.479 e. The van der Waals surface area contributed by atoms with Gasteiger partial charge in [0.2, 0.25) is 0 Å². The molecule has 0 saturated carbocycles. The molecule has 1 aromatic rings. The Morgan fingerprint density at radius 3 is 2.43 bits per heavy atom. The van der Waals surface area contributed by atoms with Crippen LogP contribution in [0.15, 0.2) is 24.3 Å². The quantitative estimate of drug-likeness (QED) is 0.781. The number of methoxy groups -OCH3 is 1. The van der Waals surface area contributed by atoms with Crippen LogP contribution in [0.3, 0.4) is 0 Å². The van der Waals surface area contributed by atoms with E-state index in [1.54, 1.807) is 19.2 Å². The lowest BCUT2D eigenvalue weighted by atomic mass is 10.0. The highest BCUT2D eigenvalue weighted by molar-refractivity contribution is 6.01. The second kappa shape index (κ2) is 7.73. The average molecular weight is 322 g/mol. The Labute approximate surface area is 135 Å². The van der Waals surface area contributed by atoms with Gasteiger partial charge in [-0.2, -0.15) is 0 Å². The highest BCUT2D eigenvalue weighted by Crippen LogP contribution is 2.11. The zero-order valence-electron chi connectivity index (χ0n) is 13.8. The predicted molar refractivity (Wildman–Crippen MR) is 84.5 cm³/mol. The summed E-state index contributed by atoms with van der Waals surface area (Å²) in [7, 11) is 3.02. The van der Waals surface area contributed by atoms with Gasteiger partial charge in [-0.3, -0.25) is 9.59 Å². The van der Waals surface area contributed by atoms with Crippen LogP contribution in [0.4, 0.5) is 0 Å². The highest BCUT2D eigenvalue weighted by atomic mass is 16.5. The third-order valence-corrected chi connectivity index (χ3v) is 3.49. The third kappa shape index (κ3) is 4.53. The van der Waals surface area contributed by atoms with Crippen molar-refractivity contribution in [3.8, 4) is 0 Å². The topological polar surface area (TPSA) is 95.9 Å². The first-order valence-corrected chi connectivity index (χ1v) is 7.15. The Morgan fingerprint density at radius 1 is 1.30 bits per heavy atom. The van der Waals surface area contributed by atoms with Crippen molar-refractivity contribution in [1.82, 2.24) is 10.2 Å². The van der Waals surface area contributed by atoms with Crippen LogP contribution in [-0.4, -0.2) is 60.6 Å². The van der Waals surface area contributed by atoms with Gasteiger partial charge in [-0.1, -0.05) is 6.07 Å². The van der Waals surface area contributed by atoms with Crippen molar-refractivity contribution in [3.05, 3.63) is 35.4 Å². The first-order valence-electron chi connectivity index (χ1n) is 7.15. The normalized spacial score (nSPS) is 13.0. The molecule has 0 saturated heterocycles. The smallest absolute Gasteiger partial charge is 0.331 e. The monoisotopic (exact) mass is 322 g/mol. The minimum absolute atomic E-state index is 0.175. The van der Waals surface area contributed by atoms with E-state index in [0.29, 0.717) is 12.1 Å². The molecule has 1 rings (SSSR count). The Kier molecular flexibility index (Phi) is 6.27. The summed E-state index contributed by atoms with van der Waals surface area (Å²) < 4.78 is 4.86. The zero-order valence-corrected chi connectivity index (χ0v) is 13.8. The Balaban J connectivity index is 3.01. The molecule has 0 bridgehead atoms. The maximum absolute atomic E-state index is 12.3. The van der Waals surface area contributed by atoms with Crippen molar-refractivity contribution in [1.29, 1.82) is 0 Å². The van der Waals surface area contributed by atoms with Crippen molar-refractivity contribution in [3.63, 3.8) is 0 Å². The van der Waals surface area contributed by atoms with Crippen LogP contribution in [0.5, 0.6) is 0 Å². The first kappa shape index (κ1) is 18.6. The minimum Gasteiger partial charge on any atom is -0.479 e. The van der Waals surface area contributed by atoms with E-state index in [1.807, 2.05) is 6.92 Å². The van der Waals surface area contributed by atoms with Gasteiger partial charge in [0, 0.05) is 31.8 Å². The third-order valence-electron chi connectivity index (χ3n) is 3.49. The first-order chi connectivity index (χ1) is 10.7. The van der Waals surface area contributed by atoms with Gasteiger partial charge in [0.1, 0.15) is 0 Å². The minimum atomic E-state index is -1.55. The molecule has 2 amide bonds. The van der Waals surface area contributed by atoms with Gasteiger partial charge in [0.05, 0.1) is 6.61 Å². The number of benzene rings is 1. The van der Waals surface area contributed by atoms with Gasteiger partial charge < -0.3 is 20.1 Å². The molecule has 0 fully saturated rings. The van der Waals surface area contributed by atoms with Crippen molar-refractivity contribution in [2.45, 2.75) is 19.4 Å². The molecule has 0 spiro atoms. The molecule has 2 N–H and O–H groups in total. The molecular formula is C16H22N2O5. The molecule has 0 aliphatic rings. The number of hydrogen-bond acceptors (Lipinski definition) is 4. The van der Waals surface area contributed by atoms with Crippen LogP contribution in [-0.2, 0) is 9.53 Å². The summed E-state index contributed by atoms with van der Waals surface area (Å²) in [5.41, 5.74) is -0.971. The number of hydrogen-bond donors (Lipinski definition) is 2. The Hall–Kier alpha value is -2.41. The molecule has 1 atom stereocenters. The van der Waals surface area contributed by atoms with Gasteiger partial charge in [0.25, 0.3) is 11.8 Å². The van der Waals surface area contributed by atoms with Gasteiger partial charge in [0.15, 0.2) is 5.54 Å². The number of carbonyl (C=O) groups excluding carboxylic acids is 2. The number of aliphatic carboxylic acids is 1. The molecular weight excluding hydrogens is 300 g/mol. The molecule has 0 aromatic heterocycles. The maximum atomic E-state index is 12.3. The fourth-order valence-electron chi connectivity index (χ4n) is 1.92. The van der Waals surface area contributed by atoms with Crippen LogP contribution in [0, 0.1) is 0 Å². The number of nitrogens with one attached hydrogen (secondary N) is 1. The van der Waals surface area contributed by atoms with Gasteiger partial charge in [-0.25, -0.2) is 4.79 Å². The van der Waals surface area contributed by atoms with Crippen molar-refractivity contribution >= 4 is 17.8 Å². The summed E-state index contributed by atoms with van der Waals surface area (Å²) in [6, 6.07) is 6.16. The Bertz CT molecular complexity index is 602. The highest BCUT2D eigenvalue weighted by Gasteiger charge is 2.35. The maximum Gasteiger partial charge on any atom is 0.331 e. The van der Waals surface area contributed by atoms with Crippen LogP contribution in [0.25, 0.3) is 0 Å². The van der Waals surface area contributed by atoms with Crippen LogP contribution >= 0.6 is 0 Å². The molecule has 7 nitrogen and oxygen atoms in total. The Morgan fingerprint density at radius 2 is 1.91 bits per heavy atom. The predicted octanol–water partition coefficient (Wildman–Crippen LogP) is 0.998. The lowest BCUT2D eigenvalue weighted by Crippen LogP contribution is -2.55. The molecule has 7 heteroatoms. The second-order valence-electron chi connectivity index (χ2n) is 5.42. The fraction of sp³-hybridized carbons (Fsp3) is 0.438. The number of carboxylic acids is 1. The summed E-state index contributed by atoms with van der Waals surface area (Å²) >= 11 is 0. The number of rotatable bonds is 7. The van der Waals surface area contributed by atoms with E-state index in [9.17, 15) is 19.5 Å². The number of ether oxygens (including phenoxy) is 1. The summed E-state index contributed by atoms with van der Waals surface area (Å²) in [5.74, 6) is -1.99. The molecule has 1 aromatic carbocycles. The molecule has 0 heterocycles. The van der Waals surface area contributed by atoms with E-state index in [1.165, 1.54) is 31.1 Å². The van der Waals surface area contributed by atoms with Gasteiger partial charge >= 0.3 is 5.97 Å². The molecule has 0 radical (unpaired) electrons. The lowest BCUT2D eigenvalue weighted by Gasteiger charge is -2.25. The fourth-order valence-corrected chi connectivity index (χ4v) is 1.92. The molecule has 1 unspecified atom stereocenters. The SMILES string of the molecule is CCN(C)C(=O)c1cccc(C(=O)NC(C)(COC)C(=O)O)c1. The number of nitrogens with zero attached hydrogens (tertiary/aromatic N) is 1. The van der Waals surface area contributed by atoms with E-state index < -0.39 is 17.4 Å². The standard InChI is InChI=1S/C16H22N2O5/c1-5-18(3)14(20)12-8-6-7-11(9-12)13(19)17-16(2,10-23-4)15(21)22/h6-9H,5,10H2,1-4H3,(H,17,19)(H,21,22). The number of carboxylic acid groups (broad SMARTS) is 1. The van der Waals surface area contributed by atoms with Crippen molar-refractivity contribution in [2.24, 2.45) is 0 Å². The molecule has 0 aliphatic carbocycles. The van der Waals surface area contributed by atoms with Crippen LogP contribution in [0.1, 0.15) is 34.6 Å². The lowest BCUT2D eigenvalue weighted by molar-refractivity contribution is -0.145. The van der Waals surface area contributed by atoms with E-state index in [2.05, 4.69) is 5.32 Å². The van der Waals surface area contributed by atoms with Crippen LogP contribution in [0.2, 0.25) is 0 Å². The molecule has 0 aliphatic heterocycles. The van der Waals surface area contributed by atoms with Crippen molar-refractivity contribution < 1.29 is 24.2 Å². The summed E-state index contributed by atoms with van der Waals surface area (Å²) in [5, 5.41) is 11.7. The van der Waals surface area contributed by atoms with E-state index in [4.69, 9.17) is 4.74 Å². The number of carbonyl (C=O) groups is 3. The van der Waals surface area contributed by atoms with Crippen molar-refractivity contribution in [2.75, 3.05) is 27.3 Å². The summed E-state index contributed by atoms with van der Waals surface area (Å²) in [6.45, 7) is 3.57. The van der Waals surface area contributed by atoms with E-state index >= 15 is 0 Å². The zero-order chi connectivity index (χ0) is 17.6. The van der Waals surface area contributed by atoms with Crippen LogP contribution < -0.4 is 5.32 Å². The number of amides is 2. The second-order valence-corrected chi connectivity index (χ2v) is 5.42.